The van der Waals surface area contributed by atoms with E-state index in [1.807, 2.05) is 0 Å². The molecule has 6 nitrogen and oxygen atoms in total. The van der Waals surface area contributed by atoms with Crippen LogP contribution in [0.1, 0.15) is 16.1 Å². The molecule has 0 fully saturated rings. The molecule has 1 amide bonds. The van der Waals surface area contributed by atoms with E-state index in [4.69, 9.17) is 11.6 Å². The van der Waals surface area contributed by atoms with Crippen molar-refractivity contribution in [2.24, 2.45) is 0 Å². The average molecular weight is 450 g/mol. The third-order valence-electron chi connectivity index (χ3n) is 4.02. The predicted octanol–water partition coefficient (Wildman–Crippen LogP) is 5.32. The molecular weight excluding hydrogens is 439 g/mol. The molecular formula is C19H11ClF3N5OS. The summed E-state index contributed by atoms with van der Waals surface area (Å²) in [6, 6.07) is 9.27. The zero-order valence-electron chi connectivity index (χ0n) is 14.9. The van der Waals surface area contributed by atoms with Gasteiger partial charge in [-0.05, 0) is 30.3 Å². The minimum absolute atomic E-state index is 0.0852. The molecule has 0 unspecified atom stereocenters. The molecule has 30 heavy (non-hydrogen) atoms. The van der Waals surface area contributed by atoms with Gasteiger partial charge in [0.25, 0.3) is 5.91 Å². The fourth-order valence-corrected chi connectivity index (χ4v) is 3.63. The second-order valence-corrected chi connectivity index (χ2v) is 7.32. The van der Waals surface area contributed by atoms with Gasteiger partial charge in [-0.1, -0.05) is 17.7 Å². The van der Waals surface area contributed by atoms with Crippen LogP contribution in [-0.2, 0) is 6.18 Å². The van der Waals surface area contributed by atoms with Crippen molar-refractivity contribution < 1.29 is 18.0 Å². The van der Waals surface area contributed by atoms with Gasteiger partial charge >= 0.3 is 6.18 Å². The molecule has 0 saturated heterocycles. The van der Waals surface area contributed by atoms with Gasteiger partial charge in [-0.15, -0.1) is 11.3 Å². The molecule has 0 spiro atoms. The predicted molar refractivity (Wildman–Crippen MR) is 107 cm³/mol. The molecule has 0 bridgehead atoms. The smallest absolute Gasteiger partial charge is 0.298 e. The topological polar surface area (TPSA) is 72.7 Å². The van der Waals surface area contributed by atoms with Crippen LogP contribution >= 0.6 is 22.9 Å². The third-order valence-corrected chi connectivity index (χ3v) is 5.01. The van der Waals surface area contributed by atoms with Crippen molar-refractivity contribution in [3.63, 3.8) is 0 Å². The van der Waals surface area contributed by atoms with Gasteiger partial charge in [0.2, 0.25) is 0 Å². The number of carbonyl (C=O) groups excluding carboxylic acids is 1. The van der Waals surface area contributed by atoms with Crippen LogP contribution in [-0.4, -0.2) is 25.7 Å². The number of anilines is 1. The van der Waals surface area contributed by atoms with Crippen molar-refractivity contribution in [1.82, 2.24) is 19.7 Å². The molecule has 4 aromatic rings. The second kappa shape index (κ2) is 7.88. The number of hydrogen-bond donors (Lipinski definition) is 1. The van der Waals surface area contributed by atoms with Gasteiger partial charge < -0.3 is 0 Å². The number of benzene rings is 1. The Hall–Kier alpha value is -3.24. The van der Waals surface area contributed by atoms with Crippen molar-refractivity contribution in [3.8, 4) is 16.9 Å². The Bertz CT molecular complexity index is 1210. The van der Waals surface area contributed by atoms with E-state index in [9.17, 15) is 18.0 Å². The Morgan fingerprint density at radius 2 is 2.00 bits per heavy atom. The van der Waals surface area contributed by atoms with Crippen LogP contribution in [0.4, 0.5) is 18.3 Å². The Morgan fingerprint density at radius 3 is 2.70 bits per heavy atom. The Morgan fingerprint density at radius 1 is 1.17 bits per heavy atom. The summed E-state index contributed by atoms with van der Waals surface area (Å²) >= 11 is 6.97. The van der Waals surface area contributed by atoms with Gasteiger partial charge in [0.1, 0.15) is 0 Å². The van der Waals surface area contributed by atoms with Crippen LogP contribution < -0.4 is 5.32 Å². The lowest BCUT2D eigenvalue weighted by molar-refractivity contribution is -0.143. The highest BCUT2D eigenvalue weighted by Crippen LogP contribution is 2.34. The number of nitrogens with one attached hydrogen (secondary N) is 1. The molecule has 1 N–H and O–H groups in total. The van der Waals surface area contributed by atoms with E-state index in [2.05, 4.69) is 20.4 Å². The first-order chi connectivity index (χ1) is 14.3. The highest BCUT2D eigenvalue weighted by atomic mass is 35.5. The molecule has 3 heterocycles. The van der Waals surface area contributed by atoms with Crippen molar-refractivity contribution in [3.05, 3.63) is 76.6 Å². The van der Waals surface area contributed by atoms with Crippen molar-refractivity contribution in [2.45, 2.75) is 6.18 Å². The number of thiazole rings is 1. The van der Waals surface area contributed by atoms with Crippen LogP contribution in [0.2, 0.25) is 5.02 Å². The molecule has 0 aliphatic rings. The second-order valence-electron chi connectivity index (χ2n) is 6.03. The quantitative estimate of drug-likeness (QED) is 0.458. The van der Waals surface area contributed by atoms with E-state index in [-0.39, 0.29) is 15.8 Å². The molecule has 0 aliphatic carbocycles. The van der Waals surface area contributed by atoms with Crippen LogP contribution in [0.25, 0.3) is 16.9 Å². The maximum atomic E-state index is 13.8. The molecule has 152 valence electrons. The lowest BCUT2D eigenvalue weighted by atomic mass is 10.2. The number of amides is 1. The molecule has 0 atom stereocenters. The van der Waals surface area contributed by atoms with E-state index in [0.29, 0.717) is 10.4 Å². The van der Waals surface area contributed by atoms with Gasteiger partial charge in [-0.3, -0.25) is 15.1 Å². The van der Waals surface area contributed by atoms with Gasteiger partial charge in [-0.2, -0.15) is 18.3 Å². The number of rotatable bonds is 4. The van der Waals surface area contributed by atoms with Crippen LogP contribution in [0.15, 0.2) is 60.4 Å². The number of aromatic nitrogens is 4. The molecule has 11 heteroatoms. The van der Waals surface area contributed by atoms with Crippen molar-refractivity contribution in [2.75, 3.05) is 5.32 Å². The summed E-state index contributed by atoms with van der Waals surface area (Å²) in [7, 11) is 0. The standard InChI is InChI=1S/C19H11ClF3N5OS/c20-12-4-1-5-13(7-12)28-16(19(21,22)23)14(9-25-28)17(29)27-18-26-15(10-30-18)11-3-2-6-24-8-11/h1-10H,(H,26,27,29). The summed E-state index contributed by atoms with van der Waals surface area (Å²) in [6.45, 7) is 0. The summed E-state index contributed by atoms with van der Waals surface area (Å²) < 4.78 is 41.9. The van der Waals surface area contributed by atoms with E-state index >= 15 is 0 Å². The normalized spacial score (nSPS) is 11.5. The fraction of sp³-hybridized carbons (Fsp3) is 0.0526. The van der Waals surface area contributed by atoms with Gasteiger partial charge in [0.15, 0.2) is 10.8 Å². The Balaban J connectivity index is 1.66. The number of alkyl halides is 3. The summed E-state index contributed by atoms with van der Waals surface area (Å²) in [4.78, 5) is 20.8. The molecule has 0 radical (unpaired) electrons. The average Bonchev–Trinajstić information content (AvgIpc) is 3.36. The number of carbonyl (C=O) groups is 1. The largest absolute Gasteiger partial charge is 0.434 e. The first kappa shape index (κ1) is 20.0. The van der Waals surface area contributed by atoms with Gasteiger partial charge in [0, 0.05) is 28.4 Å². The SMILES string of the molecule is O=C(Nc1nc(-c2cccnc2)cs1)c1cnn(-c2cccc(Cl)c2)c1C(F)(F)F. The number of halogens is 4. The number of pyridine rings is 1. The minimum Gasteiger partial charge on any atom is -0.298 e. The van der Waals surface area contributed by atoms with E-state index in [1.165, 1.54) is 24.3 Å². The summed E-state index contributed by atoms with van der Waals surface area (Å²) in [5.74, 6) is -0.970. The maximum Gasteiger partial charge on any atom is 0.434 e. The van der Waals surface area contributed by atoms with E-state index in [0.717, 1.165) is 23.1 Å². The maximum absolute atomic E-state index is 13.8. The lowest BCUT2D eigenvalue weighted by Gasteiger charge is -2.12. The first-order valence-electron chi connectivity index (χ1n) is 8.41. The molecule has 0 aliphatic heterocycles. The van der Waals surface area contributed by atoms with E-state index in [1.54, 1.807) is 29.9 Å². The zero-order chi connectivity index (χ0) is 21.3. The third kappa shape index (κ3) is 4.05. The molecule has 0 saturated carbocycles. The first-order valence-corrected chi connectivity index (χ1v) is 9.67. The van der Waals surface area contributed by atoms with Crippen molar-refractivity contribution in [1.29, 1.82) is 0 Å². The zero-order valence-corrected chi connectivity index (χ0v) is 16.5. The molecule has 3 aromatic heterocycles. The number of hydrogen-bond acceptors (Lipinski definition) is 5. The molecule has 1 aromatic carbocycles. The van der Waals surface area contributed by atoms with Crippen LogP contribution in [0.3, 0.4) is 0 Å². The summed E-state index contributed by atoms with van der Waals surface area (Å²) in [5.41, 5.74) is -0.470. The Kier molecular flexibility index (Phi) is 5.27. The van der Waals surface area contributed by atoms with Gasteiger partial charge in [0.05, 0.1) is 23.1 Å². The lowest BCUT2D eigenvalue weighted by Crippen LogP contribution is -2.20. The highest BCUT2D eigenvalue weighted by molar-refractivity contribution is 7.14. The van der Waals surface area contributed by atoms with Crippen LogP contribution in [0.5, 0.6) is 0 Å². The van der Waals surface area contributed by atoms with Gasteiger partial charge in [-0.25, -0.2) is 9.67 Å². The monoisotopic (exact) mass is 449 g/mol. The summed E-state index contributed by atoms with van der Waals surface area (Å²) in [6.07, 6.45) is -0.754. The van der Waals surface area contributed by atoms with E-state index < -0.39 is 23.3 Å². The van der Waals surface area contributed by atoms with Crippen molar-refractivity contribution >= 4 is 34.0 Å². The molecule has 4 rings (SSSR count). The highest BCUT2D eigenvalue weighted by Gasteiger charge is 2.40. The minimum atomic E-state index is -4.82. The fourth-order valence-electron chi connectivity index (χ4n) is 2.73. The van der Waals surface area contributed by atoms with Crippen LogP contribution in [0, 0.1) is 0 Å². The number of nitrogens with zero attached hydrogens (tertiary/aromatic N) is 4. The Labute approximate surface area is 177 Å². The summed E-state index contributed by atoms with van der Waals surface area (Å²) in [5, 5.41) is 8.24.